The van der Waals surface area contributed by atoms with Crippen molar-refractivity contribution in [3.8, 4) is 0 Å². The summed E-state index contributed by atoms with van der Waals surface area (Å²) in [7, 11) is 0. The number of unbranched alkanes of at least 4 members (excludes halogenated alkanes) is 2. The monoisotopic (exact) mass is 254 g/mol. The summed E-state index contributed by atoms with van der Waals surface area (Å²) in [4.78, 5) is 14.2. The van der Waals surface area contributed by atoms with Gasteiger partial charge in [0, 0.05) is 32.7 Å². The fourth-order valence-corrected chi connectivity index (χ4v) is 2.89. The second-order valence-corrected chi connectivity index (χ2v) is 5.54. The lowest BCUT2D eigenvalue weighted by molar-refractivity contribution is -0.145. The van der Waals surface area contributed by atoms with Gasteiger partial charge in [-0.3, -0.25) is 9.69 Å². The first-order chi connectivity index (χ1) is 8.79. The molecular formula is C14H26N2O2. The molecule has 2 unspecified atom stereocenters. The van der Waals surface area contributed by atoms with E-state index in [2.05, 4.69) is 17.1 Å². The van der Waals surface area contributed by atoms with Gasteiger partial charge in [-0.1, -0.05) is 26.2 Å². The highest BCUT2D eigenvalue weighted by molar-refractivity contribution is 5.74. The number of rotatable bonds is 6. The third-order valence-corrected chi connectivity index (χ3v) is 3.99. The number of esters is 1. The maximum Gasteiger partial charge on any atom is 0.309 e. The topological polar surface area (TPSA) is 41.6 Å². The van der Waals surface area contributed by atoms with Crippen molar-refractivity contribution < 1.29 is 9.53 Å². The molecule has 2 rings (SSSR count). The van der Waals surface area contributed by atoms with E-state index in [9.17, 15) is 4.79 Å². The maximum absolute atomic E-state index is 11.8. The van der Waals surface area contributed by atoms with E-state index in [1.807, 2.05) is 0 Å². The first-order valence-corrected chi connectivity index (χ1v) is 7.43. The molecule has 2 aliphatic rings. The minimum atomic E-state index is 0.0474. The van der Waals surface area contributed by atoms with Crippen molar-refractivity contribution in [2.75, 3.05) is 32.7 Å². The van der Waals surface area contributed by atoms with Gasteiger partial charge in [0.15, 0.2) is 0 Å². The number of cyclic esters (lactones) is 1. The van der Waals surface area contributed by atoms with Crippen molar-refractivity contribution in [2.24, 2.45) is 5.92 Å². The second-order valence-electron chi connectivity index (χ2n) is 5.54. The Balaban J connectivity index is 1.70. The number of hydrogen-bond donors (Lipinski definition) is 1. The van der Waals surface area contributed by atoms with Crippen LogP contribution in [0.1, 0.15) is 39.0 Å². The highest BCUT2D eigenvalue weighted by Gasteiger charge is 2.34. The lowest BCUT2D eigenvalue weighted by Gasteiger charge is -2.28. The van der Waals surface area contributed by atoms with Gasteiger partial charge in [-0.2, -0.15) is 0 Å². The van der Waals surface area contributed by atoms with E-state index in [-0.39, 0.29) is 18.0 Å². The van der Waals surface area contributed by atoms with Crippen LogP contribution in [0, 0.1) is 5.92 Å². The highest BCUT2D eigenvalue weighted by Crippen LogP contribution is 2.26. The summed E-state index contributed by atoms with van der Waals surface area (Å²) in [5.74, 6) is 0.218. The van der Waals surface area contributed by atoms with E-state index in [4.69, 9.17) is 4.74 Å². The van der Waals surface area contributed by atoms with Crippen LogP contribution in [0.15, 0.2) is 0 Å². The molecule has 0 amide bonds. The molecule has 4 heteroatoms. The molecular weight excluding hydrogens is 228 g/mol. The number of carbonyl (C=O) groups is 1. The van der Waals surface area contributed by atoms with Crippen molar-refractivity contribution >= 4 is 5.97 Å². The van der Waals surface area contributed by atoms with Crippen molar-refractivity contribution in [1.82, 2.24) is 10.2 Å². The Hall–Kier alpha value is -0.610. The maximum atomic E-state index is 11.8. The van der Waals surface area contributed by atoms with Crippen molar-refractivity contribution in [1.29, 1.82) is 0 Å². The molecule has 2 saturated heterocycles. The molecule has 0 aromatic heterocycles. The summed E-state index contributed by atoms with van der Waals surface area (Å²) in [5.41, 5.74) is 0. The van der Waals surface area contributed by atoms with Crippen LogP contribution in [0.2, 0.25) is 0 Å². The Morgan fingerprint density at radius 2 is 2.11 bits per heavy atom. The van der Waals surface area contributed by atoms with Gasteiger partial charge in [-0.25, -0.2) is 0 Å². The molecule has 1 N–H and O–H groups in total. The fraction of sp³-hybridized carbons (Fsp3) is 0.929. The van der Waals surface area contributed by atoms with Crippen LogP contribution in [0.5, 0.6) is 0 Å². The quantitative estimate of drug-likeness (QED) is 0.575. The molecule has 0 aromatic rings. The summed E-state index contributed by atoms with van der Waals surface area (Å²) in [6, 6.07) is 0. The fourth-order valence-electron chi connectivity index (χ4n) is 2.89. The Kier molecular flexibility index (Phi) is 5.45. The van der Waals surface area contributed by atoms with E-state index in [1.165, 1.54) is 12.8 Å². The molecule has 4 nitrogen and oxygen atoms in total. The van der Waals surface area contributed by atoms with Crippen molar-refractivity contribution in [2.45, 2.75) is 45.1 Å². The number of piperazine rings is 1. The normalized spacial score (nSPS) is 29.5. The summed E-state index contributed by atoms with van der Waals surface area (Å²) in [5, 5.41) is 3.34. The predicted molar refractivity (Wildman–Crippen MR) is 71.4 cm³/mol. The van der Waals surface area contributed by atoms with Gasteiger partial charge in [-0.05, 0) is 12.8 Å². The molecule has 0 aromatic carbocycles. The molecule has 2 heterocycles. The highest BCUT2D eigenvalue weighted by atomic mass is 16.6. The number of nitrogens with one attached hydrogen (secondary N) is 1. The van der Waals surface area contributed by atoms with Crippen LogP contribution >= 0.6 is 0 Å². The standard InChI is InChI=1S/C14H26N2O2/c1-2-3-4-5-12-10-13(18-14(12)17)11-16-8-6-15-7-9-16/h12-13,15H,2-11H2,1H3. The summed E-state index contributed by atoms with van der Waals surface area (Å²) < 4.78 is 5.51. The largest absolute Gasteiger partial charge is 0.461 e. The van der Waals surface area contributed by atoms with Gasteiger partial charge in [0.1, 0.15) is 6.10 Å². The lowest BCUT2D eigenvalue weighted by Crippen LogP contribution is -2.46. The lowest BCUT2D eigenvalue weighted by atomic mass is 9.97. The molecule has 0 radical (unpaired) electrons. The molecule has 0 saturated carbocycles. The third kappa shape index (κ3) is 3.95. The zero-order chi connectivity index (χ0) is 12.8. The number of carbonyl (C=O) groups excluding carboxylic acids is 1. The van der Waals surface area contributed by atoms with Gasteiger partial charge in [-0.15, -0.1) is 0 Å². The summed E-state index contributed by atoms with van der Waals surface area (Å²) >= 11 is 0. The zero-order valence-corrected chi connectivity index (χ0v) is 11.5. The van der Waals surface area contributed by atoms with Crippen LogP contribution in [0.25, 0.3) is 0 Å². The number of nitrogens with zero attached hydrogens (tertiary/aromatic N) is 1. The van der Waals surface area contributed by atoms with Crippen LogP contribution in [-0.4, -0.2) is 49.7 Å². The van der Waals surface area contributed by atoms with Crippen molar-refractivity contribution in [3.05, 3.63) is 0 Å². The van der Waals surface area contributed by atoms with E-state index >= 15 is 0 Å². The number of ether oxygens (including phenoxy) is 1. The Morgan fingerprint density at radius 3 is 2.83 bits per heavy atom. The molecule has 2 atom stereocenters. The van der Waals surface area contributed by atoms with Crippen LogP contribution in [-0.2, 0) is 9.53 Å². The average molecular weight is 254 g/mol. The van der Waals surface area contributed by atoms with E-state index in [1.54, 1.807) is 0 Å². The SMILES string of the molecule is CCCCCC1CC(CN2CCNCC2)OC1=O. The Bertz CT molecular complexity index is 265. The summed E-state index contributed by atoms with van der Waals surface area (Å²) in [6.45, 7) is 7.39. The smallest absolute Gasteiger partial charge is 0.309 e. The molecule has 0 bridgehead atoms. The van der Waals surface area contributed by atoms with Crippen LogP contribution in [0.4, 0.5) is 0 Å². The zero-order valence-electron chi connectivity index (χ0n) is 11.5. The minimum Gasteiger partial charge on any atom is -0.461 e. The Labute approximate surface area is 110 Å². The van der Waals surface area contributed by atoms with Crippen molar-refractivity contribution in [3.63, 3.8) is 0 Å². The van der Waals surface area contributed by atoms with Gasteiger partial charge in [0.2, 0.25) is 0 Å². The van der Waals surface area contributed by atoms with Crippen LogP contribution < -0.4 is 5.32 Å². The Morgan fingerprint density at radius 1 is 1.33 bits per heavy atom. The summed E-state index contributed by atoms with van der Waals surface area (Å²) in [6.07, 6.45) is 5.70. The van der Waals surface area contributed by atoms with E-state index in [0.717, 1.165) is 52.0 Å². The molecule has 2 fully saturated rings. The van der Waals surface area contributed by atoms with Gasteiger partial charge in [0.05, 0.1) is 5.92 Å². The average Bonchev–Trinajstić information content (AvgIpc) is 2.71. The first-order valence-electron chi connectivity index (χ1n) is 7.43. The molecule has 104 valence electrons. The van der Waals surface area contributed by atoms with Gasteiger partial charge in [0.25, 0.3) is 0 Å². The molecule has 18 heavy (non-hydrogen) atoms. The third-order valence-electron chi connectivity index (χ3n) is 3.99. The minimum absolute atomic E-state index is 0.0474. The predicted octanol–water partition coefficient (Wildman–Crippen LogP) is 1.40. The first kappa shape index (κ1) is 13.8. The van der Waals surface area contributed by atoms with Gasteiger partial charge < -0.3 is 10.1 Å². The molecule has 2 aliphatic heterocycles. The number of hydrogen-bond acceptors (Lipinski definition) is 4. The van der Waals surface area contributed by atoms with Gasteiger partial charge >= 0.3 is 5.97 Å². The van der Waals surface area contributed by atoms with E-state index < -0.39 is 0 Å². The molecule has 0 aliphatic carbocycles. The molecule has 0 spiro atoms. The second kappa shape index (κ2) is 7.10. The van der Waals surface area contributed by atoms with Crippen LogP contribution in [0.3, 0.4) is 0 Å². The van der Waals surface area contributed by atoms with E-state index in [0.29, 0.717) is 0 Å².